The summed E-state index contributed by atoms with van der Waals surface area (Å²) in [6.07, 6.45) is 1.38. The molecular formula is C13H10ClN5O3. The number of hydrogen-bond donors (Lipinski definition) is 2. The Bertz CT molecular complexity index is 703. The smallest absolute Gasteiger partial charge is 0.271 e. The third-order valence-corrected chi connectivity index (χ3v) is 2.73. The van der Waals surface area contributed by atoms with Crippen molar-refractivity contribution in [1.82, 2.24) is 5.32 Å². The van der Waals surface area contributed by atoms with Gasteiger partial charge in [-0.2, -0.15) is 10.5 Å². The van der Waals surface area contributed by atoms with E-state index in [4.69, 9.17) is 22.1 Å². The van der Waals surface area contributed by atoms with Crippen molar-refractivity contribution in [3.05, 3.63) is 45.1 Å². The highest BCUT2D eigenvalue weighted by atomic mass is 35.5. The van der Waals surface area contributed by atoms with Crippen molar-refractivity contribution < 1.29 is 9.72 Å². The molecule has 0 heterocycles. The first-order valence-corrected chi connectivity index (χ1v) is 6.33. The fourth-order valence-electron chi connectivity index (χ4n) is 1.36. The van der Waals surface area contributed by atoms with Gasteiger partial charge in [-0.25, -0.2) is 0 Å². The summed E-state index contributed by atoms with van der Waals surface area (Å²) in [6, 6.07) is 7.15. The maximum absolute atomic E-state index is 11.9. The van der Waals surface area contributed by atoms with Crippen LogP contribution in [0.1, 0.15) is 6.42 Å². The summed E-state index contributed by atoms with van der Waals surface area (Å²) >= 11 is 5.85. The highest BCUT2D eigenvalue weighted by Gasteiger charge is 2.14. The topological polar surface area (TPSA) is 132 Å². The Morgan fingerprint density at radius 3 is 2.77 bits per heavy atom. The van der Waals surface area contributed by atoms with Gasteiger partial charge in [0.1, 0.15) is 11.6 Å². The molecule has 0 aliphatic carbocycles. The summed E-state index contributed by atoms with van der Waals surface area (Å²) in [5.41, 5.74) is -0.464. The third kappa shape index (κ3) is 4.78. The molecule has 0 radical (unpaired) electrons. The van der Waals surface area contributed by atoms with Gasteiger partial charge in [-0.1, -0.05) is 11.6 Å². The second kappa shape index (κ2) is 8.25. The summed E-state index contributed by atoms with van der Waals surface area (Å²) in [5.74, 6) is -0.769. The van der Waals surface area contributed by atoms with Gasteiger partial charge in [-0.3, -0.25) is 14.9 Å². The van der Waals surface area contributed by atoms with Gasteiger partial charge in [0.05, 0.1) is 28.1 Å². The van der Waals surface area contributed by atoms with Gasteiger partial charge in [0.25, 0.3) is 11.6 Å². The fraction of sp³-hybridized carbons (Fsp3) is 0.154. The number of hydrogen-bond acceptors (Lipinski definition) is 6. The molecule has 112 valence electrons. The average molecular weight is 320 g/mol. The van der Waals surface area contributed by atoms with Gasteiger partial charge in [-0.15, -0.1) is 0 Å². The lowest BCUT2D eigenvalue weighted by Gasteiger charge is -2.06. The number of nitro groups is 1. The molecule has 0 fully saturated rings. The van der Waals surface area contributed by atoms with E-state index in [-0.39, 0.29) is 34.9 Å². The minimum atomic E-state index is -0.769. The highest BCUT2D eigenvalue weighted by Crippen LogP contribution is 2.26. The molecule has 0 atom stereocenters. The van der Waals surface area contributed by atoms with Crippen LogP contribution >= 0.6 is 11.6 Å². The predicted molar refractivity (Wildman–Crippen MR) is 78.7 cm³/mol. The van der Waals surface area contributed by atoms with E-state index in [0.717, 1.165) is 12.3 Å². The van der Waals surface area contributed by atoms with E-state index in [1.54, 1.807) is 6.07 Å². The first-order valence-electron chi connectivity index (χ1n) is 5.95. The lowest BCUT2D eigenvalue weighted by Crippen LogP contribution is -2.17. The lowest BCUT2D eigenvalue weighted by molar-refractivity contribution is -0.384. The molecule has 0 bridgehead atoms. The van der Waals surface area contributed by atoms with E-state index < -0.39 is 10.8 Å². The van der Waals surface area contributed by atoms with Gasteiger partial charge < -0.3 is 10.6 Å². The van der Waals surface area contributed by atoms with E-state index in [9.17, 15) is 14.9 Å². The van der Waals surface area contributed by atoms with Crippen LogP contribution in [0.4, 0.5) is 11.4 Å². The van der Waals surface area contributed by atoms with Crippen LogP contribution in [0.15, 0.2) is 30.0 Å². The number of non-ortho nitro benzene ring substituents is 1. The molecule has 1 aromatic rings. The maximum Gasteiger partial charge on any atom is 0.271 e. The van der Waals surface area contributed by atoms with Crippen molar-refractivity contribution in [2.45, 2.75) is 6.42 Å². The first kappa shape index (κ1) is 17.0. The largest absolute Gasteiger partial charge is 0.389 e. The standard InChI is InChI=1S/C13H10ClN5O3/c14-11-3-2-10(19(21)22)6-12(11)18-13(20)9(7-16)8-17-5-1-4-15/h2-3,6,8,17H,1,5H2,(H,18,20)/b9-8-. The summed E-state index contributed by atoms with van der Waals surface area (Å²) in [6.45, 7) is 0.284. The number of benzene rings is 1. The quantitative estimate of drug-likeness (QED) is 0.271. The molecule has 0 saturated heterocycles. The molecular weight excluding hydrogens is 310 g/mol. The predicted octanol–water partition coefficient (Wildman–Crippen LogP) is 2.10. The maximum atomic E-state index is 11.9. The number of nitro benzene ring substituents is 1. The van der Waals surface area contributed by atoms with Crippen molar-refractivity contribution in [2.75, 3.05) is 11.9 Å². The van der Waals surface area contributed by atoms with Crippen LogP contribution in [0.25, 0.3) is 0 Å². The molecule has 9 heteroatoms. The van der Waals surface area contributed by atoms with Crippen molar-refractivity contribution in [3.8, 4) is 12.1 Å². The van der Waals surface area contributed by atoms with E-state index in [1.165, 1.54) is 12.1 Å². The zero-order valence-electron chi connectivity index (χ0n) is 11.2. The van der Waals surface area contributed by atoms with Crippen LogP contribution in [0.5, 0.6) is 0 Å². The Kier molecular flexibility index (Phi) is 6.35. The van der Waals surface area contributed by atoms with Crippen LogP contribution in [-0.4, -0.2) is 17.4 Å². The van der Waals surface area contributed by atoms with E-state index in [2.05, 4.69) is 10.6 Å². The van der Waals surface area contributed by atoms with Crippen LogP contribution in [-0.2, 0) is 4.79 Å². The Morgan fingerprint density at radius 1 is 1.45 bits per heavy atom. The second-order valence-corrected chi connectivity index (χ2v) is 4.31. The van der Waals surface area contributed by atoms with Crippen LogP contribution in [0, 0.1) is 32.8 Å². The summed E-state index contributed by atoms with van der Waals surface area (Å²) < 4.78 is 0. The van der Waals surface area contributed by atoms with E-state index in [0.29, 0.717) is 0 Å². The zero-order valence-corrected chi connectivity index (χ0v) is 11.9. The van der Waals surface area contributed by atoms with Crippen molar-refractivity contribution in [2.24, 2.45) is 0 Å². The number of nitrogens with one attached hydrogen (secondary N) is 2. The highest BCUT2D eigenvalue weighted by molar-refractivity contribution is 6.34. The third-order valence-electron chi connectivity index (χ3n) is 2.40. The number of carbonyl (C=O) groups is 1. The number of nitriles is 2. The SMILES string of the molecule is N#CCCN/C=C(/C#N)C(=O)Nc1cc([N+](=O)[O-])ccc1Cl. The van der Waals surface area contributed by atoms with Crippen molar-refractivity contribution in [3.63, 3.8) is 0 Å². The van der Waals surface area contributed by atoms with Crippen LogP contribution in [0.2, 0.25) is 5.02 Å². The molecule has 0 aliphatic heterocycles. The molecule has 1 amide bonds. The molecule has 0 unspecified atom stereocenters. The number of nitrogens with zero attached hydrogens (tertiary/aromatic N) is 3. The van der Waals surface area contributed by atoms with Gasteiger partial charge in [0.2, 0.25) is 0 Å². The molecule has 0 aromatic heterocycles. The van der Waals surface area contributed by atoms with Gasteiger partial charge in [0, 0.05) is 24.9 Å². The zero-order chi connectivity index (χ0) is 16.5. The number of rotatable bonds is 6. The van der Waals surface area contributed by atoms with Crippen molar-refractivity contribution in [1.29, 1.82) is 10.5 Å². The van der Waals surface area contributed by atoms with E-state index >= 15 is 0 Å². The summed E-state index contributed by atoms with van der Waals surface area (Å²) in [4.78, 5) is 22.0. The van der Waals surface area contributed by atoms with Gasteiger partial charge in [-0.05, 0) is 6.07 Å². The summed E-state index contributed by atoms with van der Waals surface area (Å²) in [7, 11) is 0. The molecule has 1 rings (SSSR count). The fourth-order valence-corrected chi connectivity index (χ4v) is 1.53. The normalized spacial score (nSPS) is 10.2. The molecule has 1 aromatic carbocycles. The average Bonchev–Trinajstić information content (AvgIpc) is 2.49. The van der Waals surface area contributed by atoms with Gasteiger partial charge >= 0.3 is 0 Å². The molecule has 2 N–H and O–H groups in total. The minimum absolute atomic E-state index is 0.0269. The Hall–Kier alpha value is -3.10. The Balaban J connectivity index is 2.87. The number of anilines is 1. The number of carbonyl (C=O) groups excluding carboxylic acids is 1. The van der Waals surface area contributed by atoms with Gasteiger partial charge in [0.15, 0.2) is 0 Å². The van der Waals surface area contributed by atoms with Crippen molar-refractivity contribution >= 4 is 28.9 Å². The Labute approximate surface area is 130 Å². The molecule has 0 spiro atoms. The summed E-state index contributed by atoms with van der Waals surface area (Å²) in [5, 5.41) is 33.1. The molecule has 0 aliphatic rings. The molecule has 0 saturated carbocycles. The lowest BCUT2D eigenvalue weighted by atomic mass is 10.2. The molecule has 22 heavy (non-hydrogen) atoms. The molecule has 8 nitrogen and oxygen atoms in total. The number of halogens is 1. The number of amides is 1. The Morgan fingerprint density at radius 2 is 2.18 bits per heavy atom. The monoisotopic (exact) mass is 319 g/mol. The van der Waals surface area contributed by atoms with E-state index in [1.807, 2.05) is 6.07 Å². The second-order valence-electron chi connectivity index (χ2n) is 3.91. The van der Waals surface area contributed by atoms with Crippen LogP contribution < -0.4 is 10.6 Å². The van der Waals surface area contributed by atoms with Crippen LogP contribution in [0.3, 0.4) is 0 Å². The minimum Gasteiger partial charge on any atom is -0.389 e. The first-order chi connectivity index (χ1) is 10.5.